The van der Waals surface area contributed by atoms with Crippen molar-refractivity contribution in [2.24, 2.45) is 5.73 Å². The van der Waals surface area contributed by atoms with Crippen LogP contribution in [0.5, 0.6) is 0 Å². The number of hydrogen-bond acceptors (Lipinski definition) is 7. The highest BCUT2D eigenvalue weighted by Crippen LogP contribution is 2.33. The van der Waals surface area contributed by atoms with Crippen LogP contribution in [0, 0.1) is 5.82 Å². The number of oxazole rings is 1. The first-order valence-electron chi connectivity index (χ1n) is 8.99. The first-order chi connectivity index (χ1) is 14.7. The summed E-state index contributed by atoms with van der Waals surface area (Å²) in [6.45, 7) is 0.294. The highest BCUT2D eigenvalue weighted by molar-refractivity contribution is 7.18. The van der Waals surface area contributed by atoms with Crippen molar-refractivity contribution in [1.29, 1.82) is 0 Å². The fraction of sp³-hybridized carbons (Fsp3) is 0.211. The molecular formula is C19H15F4N5O2S. The Bertz CT molecular complexity index is 1260. The Hall–Kier alpha value is -3.25. The van der Waals surface area contributed by atoms with Crippen molar-refractivity contribution in [2.75, 3.05) is 11.9 Å². The maximum Gasteiger partial charge on any atom is 0.433 e. The van der Waals surface area contributed by atoms with Gasteiger partial charge >= 0.3 is 11.9 Å². The minimum absolute atomic E-state index is 0.233. The normalized spacial score (nSPS) is 12.9. The molecule has 0 unspecified atom stereocenters. The van der Waals surface area contributed by atoms with Crippen LogP contribution in [-0.2, 0) is 12.6 Å². The van der Waals surface area contributed by atoms with Crippen molar-refractivity contribution in [2.45, 2.75) is 18.6 Å². The lowest BCUT2D eigenvalue weighted by Gasteiger charge is -2.12. The van der Waals surface area contributed by atoms with Crippen molar-refractivity contribution in [1.82, 2.24) is 15.0 Å². The SMILES string of the molecule is N[C@@H](CNc1ncc(-c2cc3oc(=O)[nH]c3cc2F)s1)Cc1ccc(C(F)(F)F)nc1. The second-order valence-electron chi connectivity index (χ2n) is 6.77. The third-order valence-electron chi connectivity index (χ3n) is 4.41. The van der Waals surface area contributed by atoms with Gasteiger partial charge in [-0.15, -0.1) is 0 Å². The number of nitrogens with one attached hydrogen (secondary N) is 2. The van der Waals surface area contributed by atoms with Gasteiger partial charge in [0.25, 0.3) is 0 Å². The van der Waals surface area contributed by atoms with Crippen LogP contribution in [0.4, 0.5) is 22.7 Å². The number of thiazole rings is 1. The average molecular weight is 453 g/mol. The minimum atomic E-state index is -4.48. The highest BCUT2D eigenvalue weighted by atomic mass is 32.1. The summed E-state index contributed by atoms with van der Waals surface area (Å²) >= 11 is 1.18. The summed E-state index contributed by atoms with van der Waals surface area (Å²) in [5.41, 5.74) is 6.39. The van der Waals surface area contributed by atoms with Crippen molar-refractivity contribution >= 4 is 27.6 Å². The van der Waals surface area contributed by atoms with Gasteiger partial charge in [0.1, 0.15) is 11.5 Å². The topological polar surface area (TPSA) is 110 Å². The molecule has 1 atom stereocenters. The Morgan fingerprint density at radius 2 is 2.03 bits per heavy atom. The smallest absolute Gasteiger partial charge is 0.408 e. The molecule has 4 aromatic rings. The molecule has 0 bridgehead atoms. The molecule has 4 rings (SSSR count). The van der Waals surface area contributed by atoms with Gasteiger partial charge in [0.15, 0.2) is 10.7 Å². The van der Waals surface area contributed by atoms with E-state index < -0.39 is 29.5 Å². The number of aromatic amines is 1. The highest BCUT2D eigenvalue weighted by Gasteiger charge is 2.32. The quantitative estimate of drug-likeness (QED) is 0.384. The summed E-state index contributed by atoms with van der Waals surface area (Å²) in [6.07, 6.45) is -1.54. The zero-order valence-corrected chi connectivity index (χ0v) is 16.5. The first kappa shape index (κ1) is 21.0. The van der Waals surface area contributed by atoms with Gasteiger partial charge in [-0.3, -0.25) is 9.97 Å². The van der Waals surface area contributed by atoms with Gasteiger partial charge in [0, 0.05) is 36.6 Å². The molecule has 4 N–H and O–H groups in total. The molecule has 0 saturated carbocycles. The van der Waals surface area contributed by atoms with Crippen molar-refractivity contribution in [3.63, 3.8) is 0 Å². The third kappa shape index (κ3) is 4.75. The van der Waals surface area contributed by atoms with Gasteiger partial charge in [0.2, 0.25) is 0 Å². The molecule has 12 heteroatoms. The van der Waals surface area contributed by atoms with Gasteiger partial charge in [-0.05, 0) is 24.1 Å². The van der Waals surface area contributed by atoms with Crippen LogP contribution in [-0.4, -0.2) is 27.5 Å². The fourth-order valence-electron chi connectivity index (χ4n) is 2.95. The van der Waals surface area contributed by atoms with Crippen LogP contribution in [0.3, 0.4) is 0 Å². The van der Waals surface area contributed by atoms with E-state index >= 15 is 0 Å². The maximum atomic E-state index is 14.4. The summed E-state index contributed by atoms with van der Waals surface area (Å²) < 4.78 is 57.1. The number of rotatable bonds is 6. The lowest BCUT2D eigenvalue weighted by Crippen LogP contribution is -2.31. The molecule has 3 aromatic heterocycles. The van der Waals surface area contributed by atoms with Crippen molar-refractivity contribution in [3.8, 4) is 10.4 Å². The summed E-state index contributed by atoms with van der Waals surface area (Å²) in [5.74, 6) is -1.21. The van der Waals surface area contributed by atoms with E-state index in [1.165, 1.54) is 35.7 Å². The fourth-order valence-corrected chi connectivity index (χ4v) is 3.79. The number of anilines is 1. The number of alkyl halides is 3. The third-order valence-corrected chi connectivity index (χ3v) is 5.40. The van der Waals surface area contributed by atoms with E-state index in [1.54, 1.807) is 0 Å². The van der Waals surface area contributed by atoms with Gasteiger partial charge in [-0.1, -0.05) is 17.4 Å². The van der Waals surface area contributed by atoms with E-state index in [1.807, 2.05) is 0 Å². The molecular weight excluding hydrogens is 438 g/mol. The van der Waals surface area contributed by atoms with Gasteiger partial charge < -0.3 is 15.5 Å². The molecule has 0 saturated heterocycles. The molecule has 7 nitrogen and oxygen atoms in total. The molecule has 0 aliphatic heterocycles. The largest absolute Gasteiger partial charge is 0.433 e. The van der Waals surface area contributed by atoms with Gasteiger partial charge in [0.05, 0.1) is 10.4 Å². The van der Waals surface area contributed by atoms with E-state index in [0.717, 1.165) is 12.3 Å². The van der Waals surface area contributed by atoms with E-state index in [-0.39, 0.29) is 16.7 Å². The van der Waals surface area contributed by atoms with E-state index in [9.17, 15) is 22.4 Å². The lowest BCUT2D eigenvalue weighted by molar-refractivity contribution is -0.141. The summed E-state index contributed by atoms with van der Waals surface area (Å²) in [4.78, 5) is 21.8. The maximum absolute atomic E-state index is 14.4. The molecule has 0 aliphatic carbocycles. The molecule has 0 radical (unpaired) electrons. The Morgan fingerprint density at radius 1 is 1.23 bits per heavy atom. The van der Waals surface area contributed by atoms with Crippen LogP contribution >= 0.6 is 11.3 Å². The van der Waals surface area contributed by atoms with Crippen LogP contribution in [0.1, 0.15) is 11.3 Å². The first-order valence-corrected chi connectivity index (χ1v) is 9.81. The van der Waals surface area contributed by atoms with Crippen LogP contribution < -0.4 is 16.8 Å². The van der Waals surface area contributed by atoms with Gasteiger partial charge in [-0.2, -0.15) is 13.2 Å². The zero-order chi connectivity index (χ0) is 22.2. The van der Waals surface area contributed by atoms with Crippen LogP contribution in [0.15, 0.2) is 45.9 Å². The summed E-state index contributed by atoms with van der Waals surface area (Å²) in [7, 11) is 0. The predicted molar refractivity (Wildman–Crippen MR) is 107 cm³/mol. The molecule has 162 valence electrons. The number of pyridine rings is 1. The molecule has 0 aliphatic rings. The number of benzene rings is 1. The summed E-state index contributed by atoms with van der Waals surface area (Å²) in [6, 6.07) is 4.45. The standard InChI is InChI=1S/C19H15F4N5O2S/c20-12-5-13-14(30-18(29)28-13)4-11(12)15-8-27-17(31-15)26-7-10(24)3-9-1-2-16(25-6-9)19(21,22)23/h1-2,4-6,8,10H,3,7,24H2,(H,26,27)(H,28,29)/t10-/m1/s1. The molecule has 0 fully saturated rings. The predicted octanol–water partition coefficient (Wildman–Crippen LogP) is 3.78. The van der Waals surface area contributed by atoms with E-state index in [2.05, 4.69) is 20.3 Å². The Balaban J connectivity index is 1.39. The average Bonchev–Trinajstić information content (AvgIpc) is 3.30. The number of nitrogens with two attached hydrogens (primary N) is 1. The zero-order valence-electron chi connectivity index (χ0n) is 15.7. The van der Waals surface area contributed by atoms with E-state index in [0.29, 0.717) is 28.5 Å². The monoisotopic (exact) mass is 453 g/mol. The molecule has 0 amide bonds. The Labute approximate surface area is 175 Å². The van der Waals surface area contributed by atoms with Crippen LogP contribution in [0.25, 0.3) is 21.5 Å². The lowest BCUT2D eigenvalue weighted by atomic mass is 10.1. The second kappa shape index (κ2) is 8.12. The van der Waals surface area contributed by atoms with Gasteiger partial charge in [-0.25, -0.2) is 14.2 Å². The Kier molecular flexibility index (Phi) is 5.50. The molecule has 0 spiro atoms. The van der Waals surface area contributed by atoms with E-state index in [4.69, 9.17) is 10.2 Å². The number of hydrogen-bond donors (Lipinski definition) is 3. The van der Waals surface area contributed by atoms with Crippen molar-refractivity contribution < 1.29 is 22.0 Å². The number of halogens is 4. The number of aromatic nitrogens is 3. The Morgan fingerprint density at radius 3 is 2.74 bits per heavy atom. The van der Waals surface area contributed by atoms with Crippen molar-refractivity contribution in [3.05, 3.63) is 64.3 Å². The summed E-state index contributed by atoms with van der Waals surface area (Å²) in [5, 5.41) is 3.52. The minimum Gasteiger partial charge on any atom is -0.408 e. The molecule has 1 aromatic carbocycles. The second-order valence-corrected chi connectivity index (χ2v) is 7.80. The van der Waals surface area contributed by atoms with Crippen LogP contribution in [0.2, 0.25) is 0 Å². The number of nitrogens with zero attached hydrogens (tertiary/aromatic N) is 2. The molecule has 3 heterocycles. The number of fused-ring (bicyclic) bond motifs is 1. The number of H-pyrrole nitrogens is 1. The molecule has 31 heavy (non-hydrogen) atoms.